The summed E-state index contributed by atoms with van der Waals surface area (Å²) in [5.41, 5.74) is 0.798. The summed E-state index contributed by atoms with van der Waals surface area (Å²) in [4.78, 5) is 16.5. The normalized spacial score (nSPS) is 17.9. The standard InChI is InChI=1S/C17H24N4O3/c1-2-19-8-10-20(11-9-19)12-15(22)13-21-16(18-24-17(21)23)14-6-4-3-5-7-14/h3-7,15,22H,2,8-13H2,1H3. The molecule has 7 heteroatoms. The van der Waals surface area contributed by atoms with Crippen molar-refractivity contribution in [2.75, 3.05) is 39.3 Å². The van der Waals surface area contributed by atoms with E-state index in [-0.39, 0.29) is 6.54 Å². The number of β-amino-alcohol motifs (C(OH)–C–C–N with tert-alkyl or cyclic N) is 1. The van der Waals surface area contributed by atoms with Crippen molar-refractivity contribution in [2.45, 2.75) is 19.6 Å². The summed E-state index contributed by atoms with van der Waals surface area (Å²) in [6.45, 7) is 7.87. The lowest BCUT2D eigenvalue weighted by atomic mass is 10.2. The summed E-state index contributed by atoms with van der Waals surface area (Å²) >= 11 is 0. The average Bonchev–Trinajstić information content (AvgIpc) is 2.97. The molecule has 2 aromatic rings. The molecule has 1 atom stereocenters. The monoisotopic (exact) mass is 332 g/mol. The van der Waals surface area contributed by atoms with Gasteiger partial charge in [-0.3, -0.25) is 14.0 Å². The van der Waals surface area contributed by atoms with Crippen LogP contribution >= 0.6 is 0 Å². The lowest BCUT2D eigenvalue weighted by Crippen LogP contribution is -2.49. The number of rotatable bonds is 6. The van der Waals surface area contributed by atoms with Crippen LogP contribution in [0.15, 0.2) is 39.6 Å². The van der Waals surface area contributed by atoms with Crippen molar-refractivity contribution in [3.05, 3.63) is 40.9 Å². The fourth-order valence-corrected chi connectivity index (χ4v) is 3.08. The number of hydrogen-bond donors (Lipinski definition) is 1. The van der Waals surface area contributed by atoms with Gasteiger partial charge >= 0.3 is 5.76 Å². The number of nitrogens with zero attached hydrogens (tertiary/aromatic N) is 4. The number of likely N-dealkylation sites (N-methyl/N-ethyl adjacent to an activating group) is 1. The molecule has 0 saturated carbocycles. The zero-order valence-corrected chi connectivity index (χ0v) is 14.0. The number of hydrogen-bond acceptors (Lipinski definition) is 6. The van der Waals surface area contributed by atoms with Crippen LogP contribution in [0.3, 0.4) is 0 Å². The highest BCUT2D eigenvalue weighted by Gasteiger charge is 2.21. The molecule has 3 rings (SSSR count). The molecule has 1 aromatic carbocycles. The molecule has 1 saturated heterocycles. The maximum atomic E-state index is 11.9. The molecule has 130 valence electrons. The van der Waals surface area contributed by atoms with Crippen LogP contribution in [-0.2, 0) is 6.54 Å². The van der Waals surface area contributed by atoms with Gasteiger partial charge in [-0.05, 0) is 6.54 Å². The maximum Gasteiger partial charge on any atom is 0.441 e. The molecule has 7 nitrogen and oxygen atoms in total. The predicted octanol–water partition coefficient (Wildman–Crippen LogP) is 0.502. The SMILES string of the molecule is CCN1CCN(CC(O)Cn2c(-c3ccccc3)noc2=O)CC1. The quantitative estimate of drug-likeness (QED) is 0.830. The highest BCUT2D eigenvalue weighted by Crippen LogP contribution is 2.15. The van der Waals surface area contributed by atoms with Crippen LogP contribution in [0.5, 0.6) is 0 Å². The molecule has 0 bridgehead atoms. The summed E-state index contributed by atoms with van der Waals surface area (Å²) < 4.78 is 6.20. The Labute approximate surface area is 141 Å². The minimum absolute atomic E-state index is 0.181. The zero-order valence-electron chi connectivity index (χ0n) is 14.0. The van der Waals surface area contributed by atoms with Crippen molar-refractivity contribution in [1.82, 2.24) is 19.5 Å². The largest absolute Gasteiger partial charge is 0.441 e. The van der Waals surface area contributed by atoms with Gasteiger partial charge in [0.05, 0.1) is 12.6 Å². The fourth-order valence-electron chi connectivity index (χ4n) is 3.08. The second kappa shape index (κ2) is 7.74. The second-order valence-corrected chi connectivity index (χ2v) is 6.14. The molecule has 2 heterocycles. The van der Waals surface area contributed by atoms with E-state index in [0.717, 1.165) is 38.3 Å². The van der Waals surface area contributed by atoms with Crippen molar-refractivity contribution < 1.29 is 9.63 Å². The Balaban J connectivity index is 1.64. The van der Waals surface area contributed by atoms with E-state index in [1.165, 1.54) is 4.57 Å². The van der Waals surface area contributed by atoms with E-state index in [0.29, 0.717) is 12.4 Å². The van der Waals surface area contributed by atoms with E-state index >= 15 is 0 Å². The molecule has 0 amide bonds. The van der Waals surface area contributed by atoms with E-state index < -0.39 is 11.9 Å². The predicted molar refractivity (Wildman–Crippen MR) is 90.8 cm³/mol. The molecular formula is C17H24N4O3. The minimum Gasteiger partial charge on any atom is -0.390 e. The van der Waals surface area contributed by atoms with E-state index in [1.54, 1.807) is 0 Å². The molecule has 0 spiro atoms. The van der Waals surface area contributed by atoms with E-state index in [9.17, 15) is 9.90 Å². The van der Waals surface area contributed by atoms with Crippen molar-refractivity contribution >= 4 is 0 Å². The van der Waals surface area contributed by atoms with Crippen LogP contribution in [0.25, 0.3) is 11.4 Å². The number of aliphatic hydroxyl groups is 1. The van der Waals surface area contributed by atoms with E-state index in [4.69, 9.17) is 4.52 Å². The Bertz CT molecular complexity index is 689. The number of piperazine rings is 1. The van der Waals surface area contributed by atoms with Gasteiger partial charge in [-0.2, -0.15) is 0 Å². The smallest absolute Gasteiger partial charge is 0.390 e. The third-order valence-corrected chi connectivity index (χ3v) is 4.49. The topological polar surface area (TPSA) is 74.7 Å². The van der Waals surface area contributed by atoms with Gasteiger partial charge in [0.15, 0.2) is 5.82 Å². The third kappa shape index (κ3) is 3.92. The number of aliphatic hydroxyl groups excluding tert-OH is 1. The Morgan fingerprint density at radius 2 is 1.79 bits per heavy atom. The molecule has 1 N–H and O–H groups in total. The Kier molecular flexibility index (Phi) is 5.44. The summed E-state index contributed by atoms with van der Waals surface area (Å²) in [6, 6.07) is 9.38. The zero-order chi connectivity index (χ0) is 16.9. The Morgan fingerprint density at radius 3 is 2.46 bits per heavy atom. The fraction of sp³-hybridized carbons (Fsp3) is 0.529. The minimum atomic E-state index is -0.641. The summed E-state index contributed by atoms with van der Waals surface area (Å²) in [5, 5.41) is 14.3. The molecule has 24 heavy (non-hydrogen) atoms. The first-order valence-electron chi connectivity index (χ1n) is 8.42. The molecule has 1 aliphatic rings. The first-order chi connectivity index (χ1) is 11.7. The van der Waals surface area contributed by atoms with Gasteiger partial charge in [0, 0.05) is 38.3 Å². The van der Waals surface area contributed by atoms with E-state index in [2.05, 4.69) is 21.9 Å². The number of aromatic nitrogens is 2. The highest BCUT2D eigenvalue weighted by molar-refractivity contribution is 5.54. The average molecular weight is 332 g/mol. The molecule has 1 unspecified atom stereocenters. The van der Waals surface area contributed by atoms with Crippen LogP contribution < -0.4 is 5.76 Å². The Hall–Kier alpha value is -1.96. The van der Waals surface area contributed by atoms with Crippen molar-refractivity contribution in [1.29, 1.82) is 0 Å². The van der Waals surface area contributed by atoms with Gasteiger partial charge in [0.25, 0.3) is 0 Å². The summed E-state index contributed by atoms with van der Waals surface area (Å²) in [6.07, 6.45) is -0.641. The van der Waals surface area contributed by atoms with Crippen LogP contribution in [-0.4, -0.2) is 70.0 Å². The van der Waals surface area contributed by atoms with E-state index in [1.807, 2.05) is 30.3 Å². The van der Waals surface area contributed by atoms with Crippen LogP contribution in [0, 0.1) is 0 Å². The maximum absolute atomic E-state index is 11.9. The molecule has 1 aliphatic heterocycles. The highest BCUT2D eigenvalue weighted by atomic mass is 16.5. The van der Waals surface area contributed by atoms with Crippen LogP contribution in [0.4, 0.5) is 0 Å². The van der Waals surface area contributed by atoms with Crippen molar-refractivity contribution in [3.63, 3.8) is 0 Å². The molecule has 0 radical (unpaired) electrons. The van der Waals surface area contributed by atoms with Gasteiger partial charge in [-0.25, -0.2) is 4.79 Å². The number of benzene rings is 1. The van der Waals surface area contributed by atoms with Crippen molar-refractivity contribution in [2.24, 2.45) is 0 Å². The second-order valence-electron chi connectivity index (χ2n) is 6.14. The molecule has 0 aliphatic carbocycles. The first kappa shape index (κ1) is 16.9. The van der Waals surface area contributed by atoms with Gasteiger partial charge in [0.1, 0.15) is 0 Å². The lowest BCUT2D eigenvalue weighted by Gasteiger charge is -2.34. The summed E-state index contributed by atoms with van der Waals surface area (Å²) in [5.74, 6) is -0.0841. The summed E-state index contributed by atoms with van der Waals surface area (Å²) in [7, 11) is 0. The van der Waals surface area contributed by atoms with Crippen LogP contribution in [0.1, 0.15) is 6.92 Å². The third-order valence-electron chi connectivity index (χ3n) is 4.49. The Morgan fingerprint density at radius 1 is 1.12 bits per heavy atom. The first-order valence-corrected chi connectivity index (χ1v) is 8.42. The van der Waals surface area contributed by atoms with Gasteiger partial charge in [-0.15, -0.1) is 0 Å². The van der Waals surface area contributed by atoms with Gasteiger partial charge in [-0.1, -0.05) is 42.4 Å². The lowest BCUT2D eigenvalue weighted by molar-refractivity contribution is 0.0651. The van der Waals surface area contributed by atoms with Gasteiger partial charge < -0.3 is 10.0 Å². The molecular weight excluding hydrogens is 308 g/mol. The van der Waals surface area contributed by atoms with Crippen LogP contribution in [0.2, 0.25) is 0 Å². The molecule has 1 fully saturated rings. The van der Waals surface area contributed by atoms with Gasteiger partial charge in [0.2, 0.25) is 0 Å². The molecule has 1 aromatic heterocycles. The van der Waals surface area contributed by atoms with Crippen molar-refractivity contribution in [3.8, 4) is 11.4 Å².